The number of ether oxygens (including phenoxy) is 4. The van der Waals surface area contributed by atoms with Gasteiger partial charge in [-0.3, -0.25) is 9.59 Å². The van der Waals surface area contributed by atoms with Crippen LogP contribution < -0.4 is 11.1 Å². The largest absolute Gasteiger partial charge is 0.494 e. The summed E-state index contributed by atoms with van der Waals surface area (Å²) in [7, 11) is 4.40. The maximum atomic E-state index is 13.9. The monoisotopic (exact) mass is 665 g/mol. The van der Waals surface area contributed by atoms with E-state index in [4.69, 9.17) is 29.5 Å². The van der Waals surface area contributed by atoms with Gasteiger partial charge in [-0.2, -0.15) is 0 Å². The van der Waals surface area contributed by atoms with Crippen LogP contribution in [-0.2, 0) is 40.0 Å². The Kier molecular flexibility index (Phi) is 14.3. The molecule has 4 N–H and O–H groups in total. The summed E-state index contributed by atoms with van der Waals surface area (Å²) < 4.78 is 22.4. The summed E-state index contributed by atoms with van der Waals surface area (Å²) >= 11 is 0. The number of amides is 2. The highest BCUT2D eigenvalue weighted by atomic mass is 16.6. The lowest BCUT2D eigenvalue weighted by atomic mass is 9.85. The Morgan fingerprint density at radius 3 is 2.42 bits per heavy atom. The molecule has 1 aromatic rings. The average Bonchev–Trinajstić information content (AvgIpc) is 3.06. The predicted molar refractivity (Wildman–Crippen MR) is 180 cm³/mol. The molecule has 1 aliphatic heterocycles. The van der Waals surface area contributed by atoms with E-state index >= 15 is 0 Å². The van der Waals surface area contributed by atoms with Crippen LogP contribution in [0, 0.1) is 11.8 Å². The Labute approximate surface area is 282 Å². The Hall–Kier alpha value is -4.52. The lowest BCUT2D eigenvalue weighted by molar-refractivity contribution is -0.119. The maximum Gasteiger partial charge on any atom is 0.405 e. The zero-order valence-corrected chi connectivity index (χ0v) is 28.6. The predicted octanol–water partition coefficient (Wildman–Crippen LogP) is 4.41. The van der Waals surface area contributed by atoms with Gasteiger partial charge in [0.15, 0.2) is 11.9 Å². The Morgan fingerprint density at radius 2 is 1.79 bits per heavy atom. The normalized spacial score (nSPS) is 29.9. The average molecular weight is 666 g/mol. The second kappa shape index (κ2) is 18.1. The Morgan fingerprint density at radius 1 is 1.08 bits per heavy atom. The zero-order chi connectivity index (χ0) is 35.4. The molecule has 0 saturated heterocycles. The minimum Gasteiger partial charge on any atom is -0.494 e. The second-order valence-electron chi connectivity index (χ2n) is 12.0. The minimum atomic E-state index is -0.994. The summed E-state index contributed by atoms with van der Waals surface area (Å²) in [5.74, 6) is -1.35. The van der Waals surface area contributed by atoms with Gasteiger partial charge in [-0.25, -0.2) is 4.79 Å². The van der Waals surface area contributed by atoms with E-state index in [0.29, 0.717) is 17.6 Å². The third-order valence-corrected chi connectivity index (χ3v) is 8.20. The zero-order valence-electron chi connectivity index (χ0n) is 28.6. The fourth-order valence-corrected chi connectivity index (χ4v) is 5.62. The third kappa shape index (κ3) is 10.2. The van der Waals surface area contributed by atoms with Crippen LogP contribution in [0.1, 0.15) is 46.1 Å². The van der Waals surface area contributed by atoms with Crippen molar-refractivity contribution < 1.29 is 43.3 Å². The van der Waals surface area contributed by atoms with Crippen molar-refractivity contribution in [2.45, 2.75) is 71.6 Å². The summed E-state index contributed by atoms with van der Waals surface area (Å²) in [6, 6.07) is 9.47. The Bertz CT molecular complexity index is 1490. The number of aliphatic hydroxyl groups excluding tert-OH is 1. The van der Waals surface area contributed by atoms with Crippen LogP contribution in [0.3, 0.4) is 0 Å². The molecule has 1 aliphatic carbocycles. The number of primary amides is 1. The lowest BCUT2D eigenvalue weighted by Crippen LogP contribution is -2.37. The van der Waals surface area contributed by atoms with Crippen molar-refractivity contribution in [3.05, 3.63) is 94.5 Å². The number of ketones is 1. The van der Waals surface area contributed by atoms with E-state index in [1.54, 1.807) is 32.1 Å². The minimum absolute atomic E-state index is 0.00108. The van der Waals surface area contributed by atoms with Crippen molar-refractivity contribution in [1.29, 1.82) is 0 Å². The number of oxime groups is 1. The fourth-order valence-electron chi connectivity index (χ4n) is 5.62. The van der Waals surface area contributed by atoms with Crippen molar-refractivity contribution in [1.82, 2.24) is 5.32 Å². The first kappa shape index (κ1) is 37.9. The standard InChI is InChI=1S/C36H47N3O9/c1-21-16-26-32(41)27(19-28(34(26)46-7)39-47-20-25-13-9-8-10-14-25)38-35(42)22(2)12-11-15-29(44-5)33(48-36(37)43)24(4)18-23(3)31(40)30(17-21)45-6/h8-15,18-19,21,23,29-31,33,40H,16-17,20H2,1-7H3,(H2,37,43)(H,38,42)/b15-11-,22-12+,24-18+,39-28+/t21-,23+,29+,30+,31-,33+/m1/s1. The smallest absolute Gasteiger partial charge is 0.405 e. The topological polar surface area (TPSA) is 168 Å². The summed E-state index contributed by atoms with van der Waals surface area (Å²) in [5.41, 5.74) is 7.69. The fraction of sp³-hybridized carbons (Fsp3) is 0.444. The van der Waals surface area contributed by atoms with Crippen LogP contribution in [0.15, 0.2) is 94.0 Å². The molecule has 260 valence electrons. The number of allylic oxidation sites excluding steroid dienone is 4. The van der Waals surface area contributed by atoms with Crippen molar-refractivity contribution in [2.75, 3.05) is 21.3 Å². The van der Waals surface area contributed by atoms with E-state index in [1.807, 2.05) is 44.2 Å². The van der Waals surface area contributed by atoms with Gasteiger partial charge in [-0.05, 0) is 49.8 Å². The highest BCUT2D eigenvalue weighted by molar-refractivity contribution is 6.24. The first-order valence-corrected chi connectivity index (χ1v) is 15.7. The van der Waals surface area contributed by atoms with Gasteiger partial charge in [0.25, 0.3) is 5.91 Å². The van der Waals surface area contributed by atoms with Crippen LogP contribution in [0.4, 0.5) is 4.79 Å². The van der Waals surface area contributed by atoms with E-state index < -0.39 is 48.1 Å². The quantitative estimate of drug-likeness (QED) is 0.217. The van der Waals surface area contributed by atoms with Gasteiger partial charge in [0.05, 0.1) is 25.0 Å². The highest BCUT2D eigenvalue weighted by Gasteiger charge is 2.33. The van der Waals surface area contributed by atoms with Crippen LogP contribution in [0.5, 0.6) is 0 Å². The lowest BCUT2D eigenvalue weighted by Gasteiger charge is -2.30. The molecule has 0 aromatic heterocycles. The maximum absolute atomic E-state index is 13.9. The molecule has 1 heterocycles. The van der Waals surface area contributed by atoms with Gasteiger partial charge in [-0.15, -0.1) is 0 Å². The highest BCUT2D eigenvalue weighted by Crippen LogP contribution is 2.30. The van der Waals surface area contributed by atoms with Gasteiger partial charge in [-0.1, -0.05) is 73.6 Å². The van der Waals surface area contributed by atoms with Gasteiger partial charge in [0.1, 0.15) is 18.4 Å². The molecule has 48 heavy (non-hydrogen) atoms. The molecule has 3 rings (SSSR count). The molecule has 2 aliphatic rings. The van der Waals surface area contributed by atoms with E-state index in [9.17, 15) is 19.5 Å². The number of nitrogens with zero attached hydrogens (tertiary/aromatic N) is 1. The van der Waals surface area contributed by atoms with Gasteiger partial charge >= 0.3 is 6.09 Å². The van der Waals surface area contributed by atoms with E-state index in [1.165, 1.54) is 33.5 Å². The van der Waals surface area contributed by atoms with E-state index in [-0.39, 0.29) is 41.7 Å². The molecular formula is C36H47N3O9. The number of benzene rings is 1. The number of fused-ring (bicyclic) bond motifs is 2. The first-order valence-electron chi connectivity index (χ1n) is 15.7. The number of carbonyl (C=O) groups is 3. The summed E-state index contributed by atoms with van der Waals surface area (Å²) in [6.07, 6.45) is 4.28. The van der Waals surface area contributed by atoms with Crippen LogP contribution in [0.25, 0.3) is 0 Å². The van der Waals surface area contributed by atoms with Crippen molar-refractivity contribution in [3.63, 3.8) is 0 Å². The number of rotatable bonds is 7. The summed E-state index contributed by atoms with van der Waals surface area (Å²) in [6.45, 7) is 7.27. The van der Waals surface area contributed by atoms with Crippen molar-refractivity contribution >= 4 is 23.5 Å². The number of hydrogen-bond donors (Lipinski definition) is 3. The number of nitrogens with one attached hydrogen (secondary N) is 1. The molecule has 12 nitrogen and oxygen atoms in total. The second-order valence-corrected chi connectivity index (χ2v) is 12.0. The van der Waals surface area contributed by atoms with Gasteiger partial charge < -0.3 is 39.9 Å². The summed E-state index contributed by atoms with van der Waals surface area (Å²) in [4.78, 5) is 44.6. The van der Waals surface area contributed by atoms with Crippen molar-refractivity contribution in [2.24, 2.45) is 22.7 Å². The molecule has 0 unspecified atom stereocenters. The molecule has 12 heteroatoms. The molecule has 0 fully saturated rings. The molecular weight excluding hydrogens is 618 g/mol. The molecule has 0 saturated carbocycles. The number of nitrogens with two attached hydrogens (primary N) is 1. The number of carbonyl (C=O) groups excluding carboxylic acids is 3. The first-order chi connectivity index (χ1) is 22.9. The number of aliphatic hydroxyl groups is 1. The van der Waals surface area contributed by atoms with Crippen LogP contribution in [0.2, 0.25) is 0 Å². The SMILES string of the molecule is COC1=C2C[C@@H](C)C[C@H](OC)[C@H](O)[C@@H](C)/C=C(\C)[C@H](OC(N)=O)[C@@H](OC)/C=C\C=C(/C)C(=O)NC(=C/C1=N\OCc1ccccc1)C2=O. The van der Waals surface area contributed by atoms with Crippen molar-refractivity contribution in [3.8, 4) is 0 Å². The summed E-state index contributed by atoms with van der Waals surface area (Å²) in [5, 5.41) is 18.4. The molecule has 6 atom stereocenters. The van der Waals surface area contributed by atoms with Crippen LogP contribution in [-0.4, -0.2) is 74.3 Å². The Balaban J connectivity index is 2.09. The van der Waals surface area contributed by atoms with Crippen LogP contribution >= 0.6 is 0 Å². The number of methoxy groups -OCH3 is 3. The van der Waals surface area contributed by atoms with Gasteiger partial charge in [0, 0.05) is 31.3 Å². The molecule has 2 amide bonds. The molecule has 0 spiro atoms. The molecule has 0 radical (unpaired) electrons. The third-order valence-electron chi connectivity index (χ3n) is 8.20. The van der Waals surface area contributed by atoms with Gasteiger partial charge in [0.2, 0.25) is 5.78 Å². The molecule has 2 bridgehead atoms. The number of hydrogen-bond acceptors (Lipinski definition) is 10. The van der Waals surface area contributed by atoms with E-state index in [2.05, 4.69) is 10.5 Å². The number of Topliss-reactive ketones (excluding diaryl/α,β-unsaturated/α-hetero) is 1. The molecule has 1 aromatic carbocycles. The van der Waals surface area contributed by atoms with E-state index in [0.717, 1.165) is 5.56 Å².